The largest absolute Gasteiger partial charge is 0.338 e. The summed E-state index contributed by atoms with van der Waals surface area (Å²) < 4.78 is 0. The van der Waals surface area contributed by atoms with Crippen molar-refractivity contribution in [2.24, 2.45) is 11.8 Å². The van der Waals surface area contributed by atoms with Crippen LogP contribution in [0.25, 0.3) is 0 Å². The fraction of sp³-hybridized carbons (Fsp3) is 0.588. The van der Waals surface area contributed by atoms with Crippen LogP contribution in [0.4, 0.5) is 0 Å². The van der Waals surface area contributed by atoms with Gasteiger partial charge in [-0.25, -0.2) is 0 Å². The average Bonchev–Trinajstić information content (AvgIpc) is 2.49. The Balaban J connectivity index is 1.77. The topological polar surface area (TPSA) is 32.3 Å². The van der Waals surface area contributed by atoms with Crippen molar-refractivity contribution in [3.05, 3.63) is 34.9 Å². The van der Waals surface area contributed by atoms with Gasteiger partial charge in [-0.05, 0) is 54.5 Å². The van der Waals surface area contributed by atoms with Crippen molar-refractivity contribution < 1.29 is 4.79 Å². The van der Waals surface area contributed by atoms with Gasteiger partial charge in [-0.15, -0.1) is 0 Å². The molecule has 2 atom stereocenters. The fourth-order valence-electron chi connectivity index (χ4n) is 3.24. The Kier molecular flexibility index (Phi) is 3.79. The number of nitrogens with zero attached hydrogens (tertiary/aromatic N) is 1. The van der Waals surface area contributed by atoms with Gasteiger partial charge in [0, 0.05) is 25.2 Å². The number of likely N-dealkylation sites (tertiary alicyclic amines) is 1. The Morgan fingerprint density at radius 2 is 2.10 bits per heavy atom. The second-order valence-corrected chi connectivity index (χ2v) is 6.40. The van der Waals surface area contributed by atoms with Crippen LogP contribution in [-0.4, -0.2) is 30.4 Å². The molecule has 2 heterocycles. The first kappa shape index (κ1) is 13.6. The molecule has 3 rings (SSSR count). The van der Waals surface area contributed by atoms with Crippen molar-refractivity contribution in [1.82, 2.24) is 10.2 Å². The predicted octanol–water partition coefficient (Wildman–Crippen LogP) is 2.45. The number of rotatable bonds is 1. The van der Waals surface area contributed by atoms with Crippen LogP contribution in [0.5, 0.6) is 0 Å². The molecular formula is C17H24N2O. The molecule has 0 spiro atoms. The van der Waals surface area contributed by atoms with Crippen LogP contribution in [0.15, 0.2) is 18.2 Å². The van der Waals surface area contributed by atoms with Gasteiger partial charge < -0.3 is 10.2 Å². The maximum absolute atomic E-state index is 12.6. The van der Waals surface area contributed by atoms with Crippen molar-refractivity contribution >= 4 is 5.91 Å². The molecule has 1 aromatic rings. The van der Waals surface area contributed by atoms with Gasteiger partial charge in [-0.3, -0.25) is 4.79 Å². The van der Waals surface area contributed by atoms with Crippen molar-refractivity contribution in [3.8, 4) is 0 Å². The first-order valence-electron chi connectivity index (χ1n) is 7.77. The summed E-state index contributed by atoms with van der Waals surface area (Å²) in [4.78, 5) is 14.7. The number of carbonyl (C=O) groups excluding carboxylic acids is 1. The van der Waals surface area contributed by atoms with Gasteiger partial charge in [0.25, 0.3) is 5.91 Å². The maximum Gasteiger partial charge on any atom is 0.253 e. The maximum atomic E-state index is 12.6. The van der Waals surface area contributed by atoms with E-state index < -0.39 is 0 Å². The number of hydrogen-bond acceptors (Lipinski definition) is 2. The lowest BCUT2D eigenvalue weighted by molar-refractivity contribution is 0.0627. The summed E-state index contributed by atoms with van der Waals surface area (Å²) in [6.07, 6.45) is 2.20. The molecule has 2 aliphatic heterocycles. The van der Waals surface area contributed by atoms with Crippen LogP contribution in [0.1, 0.15) is 41.8 Å². The Labute approximate surface area is 121 Å². The molecule has 1 aromatic carbocycles. The smallest absolute Gasteiger partial charge is 0.253 e. The molecule has 0 bridgehead atoms. The van der Waals surface area contributed by atoms with Gasteiger partial charge in [-0.2, -0.15) is 0 Å². The van der Waals surface area contributed by atoms with Crippen LogP contribution in [0.3, 0.4) is 0 Å². The summed E-state index contributed by atoms with van der Waals surface area (Å²) in [5.41, 5.74) is 3.54. The van der Waals surface area contributed by atoms with E-state index in [9.17, 15) is 4.79 Å². The molecule has 0 saturated carbocycles. The molecule has 0 aliphatic carbocycles. The van der Waals surface area contributed by atoms with Gasteiger partial charge in [0.05, 0.1) is 0 Å². The van der Waals surface area contributed by atoms with E-state index in [0.717, 1.165) is 50.5 Å². The molecule has 0 radical (unpaired) electrons. The van der Waals surface area contributed by atoms with Crippen molar-refractivity contribution in [2.45, 2.75) is 33.2 Å². The van der Waals surface area contributed by atoms with E-state index in [0.29, 0.717) is 5.92 Å². The van der Waals surface area contributed by atoms with Crippen molar-refractivity contribution in [2.75, 3.05) is 19.6 Å². The summed E-state index contributed by atoms with van der Waals surface area (Å²) >= 11 is 0. The van der Waals surface area contributed by atoms with E-state index in [2.05, 4.69) is 31.3 Å². The van der Waals surface area contributed by atoms with Crippen LogP contribution >= 0.6 is 0 Å². The molecule has 108 valence electrons. The third kappa shape index (κ3) is 2.59. The molecule has 1 N–H and O–H groups in total. The van der Waals surface area contributed by atoms with E-state index in [1.54, 1.807) is 0 Å². The zero-order valence-electron chi connectivity index (χ0n) is 12.5. The number of fused-ring (bicyclic) bond motifs is 1. The first-order valence-corrected chi connectivity index (χ1v) is 7.77. The Morgan fingerprint density at radius 1 is 1.25 bits per heavy atom. The third-order valence-corrected chi connectivity index (χ3v) is 4.96. The number of carbonyl (C=O) groups is 1. The zero-order chi connectivity index (χ0) is 14.1. The number of amides is 1. The Hall–Kier alpha value is -1.35. The molecule has 1 saturated heterocycles. The van der Waals surface area contributed by atoms with Gasteiger partial charge in [0.2, 0.25) is 0 Å². The van der Waals surface area contributed by atoms with Gasteiger partial charge in [-0.1, -0.05) is 19.9 Å². The molecule has 0 aromatic heterocycles. The Bertz CT molecular complexity index is 512. The SMILES string of the molecule is CC1CCN(C(=O)c2ccc3c(c2)CNCC3)CC1C. The minimum atomic E-state index is 0.206. The number of piperidine rings is 1. The van der Waals surface area contributed by atoms with E-state index in [1.807, 2.05) is 11.0 Å². The monoisotopic (exact) mass is 272 g/mol. The van der Waals surface area contributed by atoms with Crippen LogP contribution < -0.4 is 5.32 Å². The van der Waals surface area contributed by atoms with Crippen molar-refractivity contribution in [1.29, 1.82) is 0 Å². The molecule has 1 amide bonds. The second-order valence-electron chi connectivity index (χ2n) is 6.40. The standard InChI is InChI=1S/C17H24N2O/c1-12-6-8-19(11-13(12)2)17(20)15-4-3-14-5-7-18-10-16(14)9-15/h3-4,9,12-13,18H,5-8,10-11H2,1-2H3. The van der Waals surface area contributed by atoms with Crippen LogP contribution in [0.2, 0.25) is 0 Å². The summed E-state index contributed by atoms with van der Waals surface area (Å²) in [5, 5.41) is 3.37. The molecule has 3 heteroatoms. The highest BCUT2D eigenvalue weighted by molar-refractivity contribution is 5.94. The summed E-state index contributed by atoms with van der Waals surface area (Å²) in [7, 11) is 0. The van der Waals surface area contributed by atoms with Gasteiger partial charge in [0.15, 0.2) is 0 Å². The quantitative estimate of drug-likeness (QED) is 0.851. The third-order valence-electron chi connectivity index (χ3n) is 4.96. The predicted molar refractivity (Wildman–Crippen MR) is 80.7 cm³/mol. The molecule has 1 fully saturated rings. The van der Waals surface area contributed by atoms with Crippen LogP contribution in [0, 0.1) is 11.8 Å². The molecule has 3 nitrogen and oxygen atoms in total. The molecule has 2 unspecified atom stereocenters. The minimum Gasteiger partial charge on any atom is -0.338 e. The highest BCUT2D eigenvalue weighted by atomic mass is 16.2. The normalized spacial score (nSPS) is 26.2. The lowest BCUT2D eigenvalue weighted by Gasteiger charge is -2.35. The first-order chi connectivity index (χ1) is 9.65. The lowest BCUT2D eigenvalue weighted by atomic mass is 9.88. The minimum absolute atomic E-state index is 0.206. The highest BCUT2D eigenvalue weighted by Gasteiger charge is 2.26. The zero-order valence-corrected chi connectivity index (χ0v) is 12.5. The highest BCUT2D eigenvalue weighted by Crippen LogP contribution is 2.24. The number of benzene rings is 1. The number of hydrogen-bond donors (Lipinski definition) is 1. The van der Waals surface area contributed by atoms with E-state index >= 15 is 0 Å². The second kappa shape index (κ2) is 5.57. The average molecular weight is 272 g/mol. The molecular weight excluding hydrogens is 248 g/mol. The van der Waals surface area contributed by atoms with E-state index in [-0.39, 0.29) is 5.91 Å². The van der Waals surface area contributed by atoms with Gasteiger partial charge >= 0.3 is 0 Å². The Morgan fingerprint density at radius 3 is 2.90 bits per heavy atom. The van der Waals surface area contributed by atoms with Crippen molar-refractivity contribution in [3.63, 3.8) is 0 Å². The summed E-state index contributed by atoms with van der Waals surface area (Å²) in [5.74, 6) is 1.54. The molecule has 2 aliphatic rings. The van der Waals surface area contributed by atoms with Gasteiger partial charge in [0.1, 0.15) is 0 Å². The fourth-order valence-corrected chi connectivity index (χ4v) is 3.24. The van der Waals surface area contributed by atoms with Crippen LogP contribution in [-0.2, 0) is 13.0 Å². The lowest BCUT2D eigenvalue weighted by Crippen LogP contribution is -2.42. The summed E-state index contributed by atoms with van der Waals surface area (Å²) in [6, 6.07) is 6.24. The number of nitrogens with one attached hydrogen (secondary N) is 1. The van der Waals surface area contributed by atoms with E-state index in [4.69, 9.17) is 0 Å². The molecule has 20 heavy (non-hydrogen) atoms. The van der Waals surface area contributed by atoms with E-state index in [1.165, 1.54) is 11.1 Å². The summed E-state index contributed by atoms with van der Waals surface area (Å²) in [6.45, 7) is 8.28.